The van der Waals surface area contributed by atoms with Crippen LogP contribution in [0.25, 0.3) is 0 Å². The van der Waals surface area contributed by atoms with Crippen LogP contribution in [0.3, 0.4) is 0 Å². The summed E-state index contributed by atoms with van der Waals surface area (Å²) >= 11 is 0. The summed E-state index contributed by atoms with van der Waals surface area (Å²) in [4.78, 5) is 48.7. The van der Waals surface area contributed by atoms with Gasteiger partial charge in [0.25, 0.3) is 11.5 Å². The number of benzene rings is 1. The number of anilines is 1. The number of carbonyl (C=O) groups excluding carboxylic acids is 2. The van der Waals surface area contributed by atoms with E-state index in [2.05, 4.69) is 5.32 Å². The first-order chi connectivity index (χ1) is 13.8. The van der Waals surface area contributed by atoms with E-state index in [4.69, 9.17) is 4.74 Å². The largest absolute Gasteiger partial charge is 0.455 e. The van der Waals surface area contributed by atoms with Gasteiger partial charge >= 0.3 is 11.7 Å². The Labute approximate surface area is 165 Å². The standard InChI is InChI=1S/C20H22FN3O5/c1-23-15(11-17(26)24(2)19(23)28)22-16(25)12-29-18(27)20(9-5-6-10-20)13-7-3-4-8-14(13)21/h3-4,7-8,11H,5-6,9-10,12H2,1-2H3,(H,22,25). The molecular formula is C20H22FN3O5. The fourth-order valence-corrected chi connectivity index (χ4v) is 3.71. The molecule has 1 fully saturated rings. The van der Waals surface area contributed by atoms with Gasteiger partial charge in [0.2, 0.25) is 0 Å². The van der Waals surface area contributed by atoms with E-state index in [1.165, 1.54) is 20.2 Å². The van der Waals surface area contributed by atoms with Gasteiger partial charge in [0, 0.05) is 25.7 Å². The molecule has 2 aromatic rings. The number of esters is 1. The maximum absolute atomic E-state index is 14.3. The molecule has 154 valence electrons. The van der Waals surface area contributed by atoms with Crippen molar-refractivity contribution in [3.63, 3.8) is 0 Å². The second-order valence-corrected chi connectivity index (χ2v) is 7.16. The molecule has 1 saturated carbocycles. The van der Waals surface area contributed by atoms with Gasteiger partial charge in [0.05, 0.1) is 5.41 Å². The Morgan fingerprint density at radius 3 is 2.45 bits per heavy atom. The van der Waals surface area contributed by atoms with E-state index in [0.717, 1.165) is 28.0 Å². The molecule has 0 atom stereocenters. The number of ether oxygens (including phenoxy) is 1. The third-order valence-corrected chi connectivity index (χ3v) is 5.37. The van der Waals surface area contributed by atoms with E-state index in [1.54, 1.807) is 18.2 Å². The van der Waals surface area contributed by atoms with Gasteiger partial charge in [0.15, 0.2) is 6.61 Å². The molecule has 1 N–H and O–H groups in total. The molecule has 0 radical (unpaired) electrons. The molecule has 1 aliphatic rings. The zero-order chi connectivity index (χ0) is 21.2. The Morgan fingerprint density at radius 2 is 1.79 bits per heavy atom. The van der Waals surface area contributed by atoms with Crippen molar-refractivity contribution in [2.75, 3.05) is 11.9 Å². The summed E-state index contributed by atoms with van der Waals surface area (Å²) in [7, 11) is 2.72. The van der Waals surface area contributed by atoms with E-state index in [0.29, 0.717) is 12.8 Å². The lowest BCUT2D eigenvalue weighted by molar-refractivity contribution is -0.153. The van der Waals surface area contributed by atoms with Crippen LogP contribution in [0.1, 0.15) is 31.2 Å². The van der Waals surface area contributed by atoms with Gasteiger partial charge in [0.1, 0.15) is 11.6 Å². The van der Waals surface area contributed by atoms with E-state index >= 15 is 0 Å². The van der Waals surface area contributed by atoms with Gasteiger partial charge in [-0.15, -0.1) is 0 Å². The zero-order valence-electron chi connectivity index (χ0n) is 16.2. The van der Waals surface area contributed by atoms with E-state index in [-0.39, 0.29) is 11.4 Å². The van der Waals surface area contributed by atoms with Gasteiger partial charge in [-0.25, -0.2) is 9.18 Å². The third-order valence-electron chi connectivity index (χ3n) is 5.37. The maximum Gasteiger partial charge on any atom is 0.332 e. The minimum atomic E-state index is -1.11. The molecule has 1 amide bonds. The van der Waals surface area contributed by atoms with Crippen molar-refractivity contribution in [2.45, 2.75) is 31.1 Å². The second kappa shape index (κ2) is 8.02. The minimum Gasteiger partial charge on any atom is -0.455 e. The van der Waals surface area contributed by atoms with Crippen LogP contribution in [0.5, 0.6) is 0 Å². The topological polar surface area (TPSA) is 99.4 Å². The predicted octanol–water partition coefficient (Wildman–Crippen LogP) is 1.22. The quantitative estimate of drug-likeness (QED) is 0.757. The molecule has 9 heteroatoms. The Hall–Kier alpha value is -3.23. The van der Waals surface area contributed by atoms with Gasteiger partial charge < -0.3 is 10.1 Å². The molecule has 29 heavy (non-hydrogen) atoms. The summed E-state index contributed by atoms with van der Waals surface area (Å²) in [5, 5.41) is 2.39. The molecule has 3 rings (SSSR count). The highest BCUT2D eigenvalue weighted by atomic mass is 19.1. The Morgan fingerprint density at radius 1 is 1.14 bits per heavy atom. The summed E-state index contributed by atoms with van der Waals surface area (Å²) in [5.41, 5.74) is -2.02. The molecule has 0 saturated heterocycles. The molecule has 1 aliphatic carbocycles. The third kappa shape index (κ3) is 3.85. The van der Waals surface area contributed by atoms with Crippen molar-refractivity contribution < 1.29 is 18.7 Å². The molecule has 8 nitrogen and oxygen atoms in total. The number of aromatic nitrogens is 2. The van der Waals surface area contributed by atoms with Crippen LogP contribution < -0.4 is 16.6 Å². The van der Waals surface area contributed by atoms with E-state index in [9.17, 15) is 23.6 Å². The van der Waals surface area contributed by atoms with Crippen molar-refractivity contribution in [3.05, 3.63) is 62.6 Å². The fourth-order valence-electron chi connectivity index (χ4n) is 3.71. The minimum absolute atomic E-state index is 0.0103. The smallest absolute Gasteiger partial charge is 0.332 e. The van der Waals surface area contributed by atoms with E-state index < -0.39 is 41.0 Å². The molecule has 0 spiro atoms. The van der Waals surface area contributed by atoms with Crippen LogP contribution >= 0.6 is 0 Å². The molecule has 1 heterocycles. The van der Waals surface area contributed by atoms with Crippen molar-refractivity contribution in [1.29, 1.82) is 0 Å². The van der Waals surface area contributed by atoms with Crippen molar-refractivity contribution in [2.24, 2.45) is 14.1 Å². The number of halogens is 1. The first kappa shape index (κ1) is 20.5. The number of nitrogens with zero attached hydrogens (tertiary/aromatic N) is 2. The van der Waals surface area contributed by atoms with Crippen LogP contribution in [0, 0.1) is 5.82 Å². The first-order valence-corrected chi connectivity index (χ1v) is 9.25. The number of carbonyl (C=O) groups is 2. The normalized spacial score (nSPS) is 15.1. The van der Waals surface area contributed by atoms with Gasteiger partial charge in [-0.05, 0) is 18.9 Å². The lowest BCUT2D eigenvalue weighted by Gasteiger charge is -2.27. The number of rotatable bonds is 5. The number of hydrogen-bond acceptors (Lipinski definition) is 5. The summed E-state index contributed by atoms with van der Waals surface area (Å²) in [5.74, 6) is -1.86. The van der Waals surface area contributed by atoms with Crippen LogP contribution in [0.2, 0.25) is 0 Å². The van der Waals surface area contributed by atoms with Crippen LogP contribution in [-0.2, 0) is 33.8 Å². The summed E-state index contributed by atoms with van der Waals surface area (Å²) < 4.78 is 21.5. The molecule has 1 aromatic carbocycles. The van der Waals surface area contributed by atoms with Crippen LogP contribution in [0.15, 0.2) is 39.9 Å². The summed E-state index contributed by atoms with van der Waals surface area (Å²) in [6.45, 7) is -0.613. The predicted molar refractivity (Wildman–Crippen MR) is 103 cm³/mol. The second-order valence-electron chi connectivity index (χ2n) is 7.16. The maximum atomic E-state index is 14.3. The number of nitrogens with one attached hydrogen (secondary N) is 1. The Kier molecular flexibility index (Phi) is 5.67. The van der Waals surface area contributed by atoms with Gasteiger partial charge in [-0.1, -0.05) is 31.0 Å². The average molecular weight is 403 g/mol. The van der Waals surface area contributed by atoms with Crippen molar-refractivity contribution in [1.82, 2.24) is 9.13 Å². The zero-order valence-corrected chi connectivity index (χ0v) is 16.2. The van der Waals surface area contributed by atoms with Crippen molar-refractivity contribution in [3.8, 4) is 0 Å². The highest BCUT2D eigenvalue weighted by molar-refractivity contribution is 5.93. The highest BCUT2D eigenvalue weighted by Crippen LogP contribution is 2.43. The van der Waals surface area contributed by atoms with E-state index in [1.807, 2.05) is 0 Å². The summed E-state index contributed by atoms with van der Waals surface area (Å²) in [6.07, 6.45) is 2.39. The fraction of sp³-hybridized carbons (Fsp3) is 0.400. The SMILES string of the molecule is Cn1c(NC(=O)COC(=O)C2(c3ccccc3F)CCCC2)cc(=O)n(C)c1=O. The van der Waals surface area contributed by atoms with Crippen LogP contribution in [0.4, 0.5) is 10.2 Å². The monoisotopic (exact) mass is 403 g/mol. The van der Waals surface area contributed by atoms with Gasteiger partial charge in [-0.3, -0.25) is 23.5 Å². The molecule has 0 bridgehead atoms. The lowest BCUT2D eigenvalue weighted by atomic mass is 9.78. The molecule has 1 aromatic heterocycles. The van der Waals surface area contributed by atoms with Crippen molar-refractivity contribution >= 4 is 17.7 Å². The Bertz CT molecular complexity index is 1070. The average Bonchev–Trinajstić information content (AvgIpc) is 3.20. The number of amides is 1. The molecular weight excluding hydrogens is 381 g/mol. The van der Waals surface area contributed by atoms with Gasteiger partial charge in [-0.2, -0.15) is 0 Å². The molecule has 0 aliphatic heterocycles. The Balaban J connectivity index is 1.73. The lowest BCUT2D eigenvalue weighted by Crippen LogP contribution is -2.39. The highest BCUT2D eigenvalue weighted by Gasteiger charge is 2.45. The summed E-state index contributed by atoms with van der Waals surface area (Å²) in [6, 6.07) is 7.17. The first-order valence-electron chi connectivity index (χ1n) is 9.25. The molecule has 0 unspecified atom stereocenters. The number of hydrogen-bond donors (Lipinski definition) is 1. The van der Waals surface area contributed by atoms with Crippen LogP contribution in [-0.4, -0.2) is 27.6 Å².